The number of para-hydroxylation sites is 1. The minimum absolute atomic E-state index is 0.0248. The summed E-state index contributed by atoms with van der Waals surface area (Å²) in [7, 11) is 0. The Kier molecular flexibility index (Phi) is 5.51. The summed E-state index contributed by atoms with van der Waals surface area (Å²) in [5, 5.41) is 3.98. The largest absolute Gasteiger partial charge is 0.346 e. The molecule has 5 heterocycles. The first-order chi connectivity index (χ1) is 17.1. The minimum atomic E-state index is -0.587. The van der Waals surface area contributed by atoms with Gasteiger partial charge in [0.15, 0.2) is 0 Å². The molecule has 35 heavy (non-hydrogen) atoms. The normalized spacial score (nSPS) is 24.2. The molecule has 0 saturated carbocycles. The first-order valence-corrected chi connectivity index (χ1v) is 12.5. The molecule has 0 aliphatic carbocycles. The Morgan fingerprint density at radius 1 is 1.06 bits per heavy atom. The first kappa shape index (κ1) is 21.8. The summed E-state index contributed by atoms with van der Waals surface area (Å²) in [5.74, 6) is -0.565. The number of amides is 3. The van der Waals surface area contributed by atoms with E-state index in [1.807, 2.05) is 47.5 Å². The Labute approximate surface area is 203 Å². The molecule has 3 amide bonds. The fraction of sp³-hybridized carbons (Fsp3) is 0.407. The van der Waals surface area contributed by atoms with Gasteiger partial charge in [-0.1, -0.05) is 18.2 Å². The predicted molar refractivity (Wildman–Crippen MR) is 133 cm³/mol. The van der Waals surface area contributed by atoms with E-state index in [9.17, 15) is 14.4 Å². The molecule has 180 valence electrons. The highest BCUT2D eigenvalue weighted by atomic mass is 16.2. The molecule has 2 unspecified atom stereocenters. The van der Waals surface area contributed by atoms with Gasteiger partial charge in [0.1, 0.15) is 11.6 Å². The van der Waals surface area contributed by atoms with Gasteiger partial charge >= 0.3 is 0 Å². The number of piperidine rings is 1. The number of pyridine rings is 1. The maximum absolute atomic E-state index is 13.3. The zero-order chi connectivity index (χ0) is 23.9. The standard InChI is InChI=1S/C27H29N5O3/c33-25-20(23-19-10-12-28-24(19)29-15-22(23)30-25)9-8-17-5-4-13-31(16-17)26(34)21-11-14-32(27(21)35)18-6-2-1-3-7-18/h1-3,6-7,10,12,15,17,20-21H,4-5,8-9,11,13-14,16H2,(H,28,29)(H,30,33)/t17-,20?,21?/m0/s1. The number of nitrogens with zero attached hydrogens (tertiary/aromatic N) is 3. The average Bonchev–Trinajstić information content (AvgIpc) is 3.59. The molecule has 2 saturated heterocycles. The lowest BCUT2D eigenvalue weighted by molar-refractivity contribution is -0.141. The van der Waals surface area contributed by atoms with Crippen LogP contribution in [0.1, 0.15) is 43.6 Å². The van der Waals surface area contributed by atoms with Crippen LogP contribution >= 0.6 is 0 Å². The van der Waals surface area contributed by atoms with E-state index in [0.717, 1.165) is 53.7 Å². The smallest absolute Gasteiger partial charge is 0.239 e. The second-order valence-electron chi connectivity index (χ2n) is 9.90. The van der Waals surface area contributed by atoms with Crippen molar-refractivity contribution in [3.63, 3.8) is 0 Å². The van der Waals surface area contributed by atoms with Crippen LogP contribution in [0.5, 0.6) is 0 Å². The van der Waals surface area contributed by atoms with Crippen molar-refractivity contribution in [2.75, 3.05) is 29.9 Å². The summed E-state index contributed by atoms with van der Waals surface area (Å²) in [6, 6.07) is 11.5. The van der Waals surface area contributed by atoms with Crippen molar-refractivity contribution in [3.8, 4) is 0 Å². The maximum Gasteiger partial charge on any atom is 0.239 e. The van der Waals surface area contributed by atoms with Gasteiger partial charge in [-0.2, -0.15) is 0 Å². The van der Waals surface area contributed by atoms with E-state index < -0.39 is 5.92 Å². The molecule has 3 aromatic rings. The number of hydrogen-bond donors (Lipinski definition) is 2. The number of carbonyl (C=O) groups excluding carboxylic acids is 3. The molecule has 6 rings (SSSR count). The summed E-state index contributed by atoms with van der Waals surface area (Å²) in [6.07, 6.45) is 7.71. The molecule has 2 N–H and O–H groups in total. The zero-order valence-electron chi connectivity index (χ0n) is 19.6. The number of H-pyrrole nitrogens is 1. The third-order valence-electron chi connectivity index (χ3n) is 7.82. The van der Waals surface area contributed by atoms with Crippen molar-refractivity contribution >= 4 is 40.1 Å². The molecule has 1 aromatic carbocycles. The van der Waals surface area contributed by atoms with E-state index in [1.165, 1.54) is 0 Å². The van der Waals surface area contributed by atoms with Crippen LogP contribution < -0.4 is 10.2 Å². The van der Waals surface area contributed by atoms with Gasteiger partial charge in [-0.25, -0.2) is 4.98 Å². The van der Waals surface area contributed by atoms with Crippen molar-refractivity contribution < 1.29 is 14.4 Å². The van der Waals surface area contributed by atoms with Gasteiger partial charge in [-0.05, 0) is 56.2 Å². The Morgan fingerprint density at radius 3 is 2.77 bits per heavy atom. The quantitative estimate of drug-likeness (QED) is 0.555. The van der Waals surface area contributed by atoms with Gasteiger partial charge in [0.2, 0.25) is 17.7 Å². The van der Waals surface area contributed by atoms with Crippen LogP contribution in [-0.4, -0.2) is 52.2 Å². The lowest BCUT2D eigenvalue weighted by Crippen LogP contribution is -2.45. The molecule has 3 atom stereocenters. The fourth-order valence-electron chi connectivity index (χ4n) is 6.03. The van der Waals surface area contributed by atoms with Crippen LogP contribution in [0, 0.1) is 11.8 Å². The molecular weight excluding hydrogens is 442 g/mol. The maximum atomic E-state index is 13.3. The van der Waals surface area contributed by atoms with Gasteiger partial charge in [0.05, 0.1) is 17.8 Å². The SMILES string of the molecule is O=C1Nc2cnc3[nH]ccc3c2C1CC[C@@H]1CCCN(C(=O)C2CCN(c3ccccc3)C2=O)C1. The van der Waals surface area contributed by atoms with Crippen molar-refractivity contribution in [2.45, 2.75) is 38.0 Å². The van der Waals surface area contributed by atoms with E-state index >= 15 is 0 Å². The third kappa shape index (κ3) is 3.87. The van der Waals surface area contributed by atoms with E-state index in [1.54, 1.807) is 11.1 Å². The van der Waals surface area contributed by atoms with Crippen molar-refractivity contribution in [2.24, 2.45) is 11.8 Å². The number of benzene rings is 1. The molecular formula is C27H29N5O3. The summed E-state index contributed by atoms with van der Waals surface area (Å²) in [6.45, 7) is 1.94. The van der Waals surface area contributed by atoms with Gasteiger partial charge in [0, 0.05) is 42.5 Å². The number of carbonyl (C=O) groups is 3. The number of aromatic amines is 1. The second-order valence-corrected chi connectivity index (χ2v) is 9.90. The lowest BCUT2D eigenvalue weighted by Gasteiger charge is -2.34. The van der Waals surface area contributed by atoms with Crippen molar-refractivity contribution in [1.29, 1.82) is 0 Å². The summed E-state index contributed by atoms with van der Waals surface area (Å²) < 4.78 is 0. The van der Waals surface area contributed by atoms with Gasteiger partial charge in [-0.3, -0.25) is 14.4 Å². The predicted octanol–water partition coefficient (Wildman–Crippen LogP) is 3.67. The lowest BCUT2D eigenvalue weighted by atomic mass is 9.86. The van der Waals surface area contributed by atoms with Gasteiger partial charge in [-0.15, -0.1) is 0 Å². The number of anilines is 2. The van der Waals surface area contributed by atoms with Crippen LogP contribution in [0.2, 0.25) is 0 Å². The van der Waals surface area contributed by atoms with Gasteiger partial charge < -0.3 is 20.1 Å². The summed E-state index contributed by atoms with van der Waals surface area (Å²) in [5.41, 5.74) is 3.48. The number of likely N-dealkylation sites (tertiary alicyclic amines) is 1. The second kappa shape index (κ2) is 8.83. The minimum Gasteiger partial charge on any atom is -0.346 e. The molecule has 2 aromatic heterocycles. The molecule has 2 fully saturated rings. The average molecular weight is 472 g/mol. The Morgan fingerprint density at radius 2 is 1.91 bits per heavy atom. The first-order valence-electron chi connectivity index (χ1n) is 12.5. The molecule has 3 aliphatic heterocycles. The van der Waals surface area contributed by atoms with Crippen molar-refractivity contribution in [1.82, 2.24) is 14.9 Å². The van der Waals surface area contributed by atoms with Crippen LogP contribution in [0.15, 0.2) is 48.8 Å². The van der Waals surface area contributed by atoms with E-state index in [4.69, 9.17) is 0 Å². The fourth-order valence-corrected chi connectivity index (χ4v) is 6.03. The summed E-state index contributed by atoms with van der Waals surface area (Å²) >= 11 is 0. The van der Waals surface area contributed by atoms with Gasteiger partial charge in [0.25, 0.3) is 0 Å². The highest BCUT2D eigenvalue weighted by Gasteiger charge is 2.41. The molecule has 8 nitrogen and oxygen atoms in total. The van der Waals surface area contributed by atoms with E-state index in [-0.39, 0.29) is 23.6 Å². The zero-order valence-corrected chi connectivity index (χ0v) is 19.6. The Bertz CT molecular complexity index is 1290. The van der Waals surface area contributed by atoms with Crippen LogP contribution in [0.25, 0.3) is 11.0 Å². The summed E-state index contributed by atoms with van der Waals surface area (Å²) in [4.78, 5) is 50.2. The molecule has 3 aliphatic rings. The molecule has 8 heteroatoms. The Balaban J connectivity index is 1.10. The molecule has 0 bridgehead atoms. The third-order valence-corrected chi connectivity index (χ3v) is 7.82. The molecule has 0 spiro atoms. The Hall–Kier alpha value is -3.68. The number of nitrogens with one attached hydrogen (secondary N) is 2. The number of rotatable bonds is 5. The van der Waals surface area contributed by atoms with Crippen LogP contribution in [0.4, 0.5) is 11.4 Å². The monoisotopic (exact) mass is 471 g/mol. The number of fused-ring (bicyclic) bond motifs is 3. The highest BCUT2D eigenvalue weighted by Crippen LogP contribution is 2.40. The van der Waals surface area contributed by atoms with Crippen LogP contribution in [-0.2, 0) is 14.4 Å². The number of aromatic nitrogens is 2. The van der Waals surface area contributed by atoms with Crippen LogP contribution in [0.3, 0.4) is 0 Å². The highest BCUT2D eigenvalue weighted by molar-refractivity contribution is 6.10. The van der Waals surface area contributed by atoms with E-state index in [0.29, 0.717) is 32.0 Å². The van der Waals surface area contributed by atoms with Crippen molar-refractivity contribution in [3.05, 3.63) is 54.4 Å². The van der Waals surface area contributed by atoms with E-state index in [2.05, 4.69) is 15.3 Å². The topological polar surface area (TPSA) is 98.4 Å². The number of hydrogen-bond acceptors (Lipinski definition) is 4. The molecule has 0 radical (unpaired) electrons.